The van der Waals surface area contributed by atoms with Crippen molar-refractivity contribution >= 4 is 17.1 Å². The van der Waals surface area contributed by atoms with Gasteiger partial charge in [0.25, 0.3) is 0 Å². The molecule has 0 aliphatic rings. The van der Waals surface area contributed by atoms with Crippen molar-refractivity contribution in [2.24, 2.45) is 0 Å². The predicted octanol–water partition coefficient (Wildman–Crippen LogP) is 2.17. The molecule has 8 heteroatoms. The largest absolute Gasteiger partial charge is 0.500 e. The molecular formula is C16H30O6Si2. The Morgan fingerprint density at radius 3 is 1.96 bits per heavy atom. The SMILES string of the molecule is CO[Si](C)(CO)Cc1ccc(OCCC[Si](OC)(OC)OC)cc1. The van der Waals surface area contributed by atoms with Gasteiger partial charge in [-0.25, -0.2) is 0 Å². The summed E-state index contributed by atoms with van der Waals surface area (Å²) in [5, 5.41) is 9.46. The Kier molecular flexibility index (Phi) is 9.13. The minimum atomic E-state index is -2.51. The Morgan fingerprint density at radius 1 is 0.917 bits per heavy atom. The molecule has 6 nitrogen and oxygen atoms in total. The van der Waals surface area contributed by atoms with E-state index in [0.717, 1.165) is 23.8 Å². The van der Waals surface area contributed by atoms with Crippen molar-refractivity contribution in [3.63, 3.8) is 0 Å². The molecule has 1 aromatic rings. The van der Waals surface area contributed by atoms with Crippen LogP contribution in [0.5, 0.6) is 5.75 Å². The molecule has 0 heterocycles. The van der Waals surface area contributed by atoms with E-state index in [2.05, 4.69) is 0 Å². The van der Waals surface area contributed by atoms with E-state index >= 15 is 0 Å². The molecule has 0 bridgehead atoms. The summed E-state index contributed by atoms with van der Waals surface area (Å²) in [6.45, 7) is 2.60. The molecule has 0 saturated carbocycles. The molecule has 1 rings (SSSR count). The summed E-state index contributed by atoms with van der Waals surface area (Å²) in [5.74, 6) is 0.822. The van der Waals surface area contributed by atoms with Crippen molar-refractivity contribution in [2.45, 2.75) is 25.1 Å². The predicted molar refractivity (Wildman–Crippen MR) is 97.6 cm³/mol. The molecule has 24 heavy (non-hydrogen) atoms. The highest BCUT2D eigenvalue weighted by atomic mass is 28.4. The molecule has 0 aromatic heterocycles. The lowest BCUT2D eigenvalue weighted by Gasteiger charge is -2.24. The first-order valence-corrected chi connectivity index (χ1v) is 12.7. The van der Waals surface area contributed by atoms with Gasteiger partial charge in [-0.05, 0) is 36.7 Å². The van der Waals surface area contributed by atoms with Crippen LogP contribution in [0.4, 0.5) is 0 Å². The van der Waals surface area contributed by atoms with Crippen molar-refractivity contribution in [2.75, 3.05) is 41.3 Å². The maximum atomic E-state index is 9.46. The molecule has 0 radical (unpaired) electrons. The van der Waals surface area contributed by atoms with Crippen LogP contribution in [-0.2, 0) is 23.7 Å². The fraction of sp³-hybridized carbons (Fsp3) is 0.625. The molecule has 1 aromatic carbocycles. The van der Waals surface area contributed by atoms with E-state index in [1.165, 1.54) is 0 Å². The van der Waals surface area contributed by atoms with Crippen molar-refractivity contribution in [3.05, 3.63) is 29.8 Å². The molecule has 0 aliphatic carbocycles. The minimum absolute atomic E-state index is 0.117. The number of ether oxygens (including phenoxy) is 1. The van der Waals surface area contributed by atoms with Crippen molar-refractivity contribution in [1.29, 1.82) is 0 Å². The first-order valence-electron chi connectivity index (χ1n) is 7.99. The van der Waals surface area contributed by atoms with Crippen LogP contribution < -0.4 is 4.74 Å². The zero-order chi connectivity index (χ0) is 18.1. The molecule has 0 aliphatic heterocycles. The van der Waals surface area contributed by atoms with E-state index in [4.69, 9.17) is 22.4 Å². The summed E-state index contributed by atoms with van der Waals surface area (Å²) in [5.41, 5.74) is 1.15. The smallest absolute Gasteiger partial charge is 0.494 e. The average molecular weight is 375 g/mol. The Balaban J connectivity index is 2.45. The quantitative estimate of drug-likeness (QED) is 0.447. The molecule has 138 valence electrons. The van der Waals surface area contributed by atoms with Gasteiger partial charge in [0.1, 0.15) is 5.75 Å². The molecule has 0 saturated heterocycles. The molecule has 1 atom stereocenters. The zero-order valence-electron chi connectivity index (χ0n) is 15.3. The normalized spacial score (nSPS) is 14.4. The number of benzene rings is 1. The Hall–Kier alpha value is -0.746. The lowest BCUT2D eigenvalue weighted by atomic mass is 10.2. The van der Waals surface area contributed by atoms with Gasteiger partial charge in [0.15, 0.2) is 0 Å². The second-order valence-corrected chi connectivity index (χ2v) is 12.9. The third-order valence-corrected chi connectivity index (χ3v) is 9.80. The monoisotopic (exact) mass is 374 g/mol. The summed E-state index contributed by atoms with van der Waals surface area (Å²) in [6, 6.07) is 9.43. The summed E-state index contributed by atoms with van der Waals surface area (Å²) >= 11 is 0. The summed E-state index contributed by atoms with van der Waals surface area (Å²) in [7, 11) is 1.95. The summed E-state index contributed by atoms with van der Waals surface area (Å²) in [6.07, 6.45) is 0.911. The van der Waals surface area contributed by atoms with E-state index in [1.807, 2.05) is 30.8 Å². The molecule has 0 fully saturated rings. The molecule has 1 unspecified atom stereocenters. The van der Waals surface area contributed by atoms with Gasteiger partial charge >= 0.3 is 8.80 Å². The second-order valence-electron chi connectivity index (χ2n) is 5.88. The molecule has 0 amide bonds. The number of hydrogen-bond acceptors (Lipinski definition) is 6. The number of hydrogen-bond donors (Lipinski definition) is 1. The topological polar surface area (TPSA) is 66.4 Å². The van der Waals surface area contributed by atoms with Crippen molar-refractivity contribution in [1.82, 2.24) is 0 Å². The minimum Gasteiger partial charge on any atom is -0.494 e. The van der Waals surface area contributed by atoms with Gasteiger partial charge in [0, 0.05) is 34.5 Å². The van der Waals surface area contributed by atoms with E-state index in [1.54, 1.807) is 28.4 Å². The van der Waals surface area contributed by atoms with E-state index in [9.17, 15) is 5.11 Å². The maximum Gasteiger partial charge on any atom is 0.500 e. The van der Waals surface area contributed by atoms with Gasteiger partial charge in [-0.15, -0.1) is 0 Å². The first kappa shape index (κ1) is 21.3. The van der Waals surface area contributed by atoms with Crippen LogP contribution in [0.2, 0.25) is 12.6 Å². The number of aliphatic hydroxyl groups excluding tert-OH is 1. The van der Waals surface area contributed by atoms with Gasteiger partial charge in [-0.1, -0.05) is 12.1 Å². The number of rotatable bonds is 12. The third kappa shape index (κ3) is 6.28. The highest BCUT2D eigenvalue weighted by Crippen LogP contribution is 2.19. The lowest BCUT2D eigenvalue weighted by molar-refractivity contribution is 0.121. The summed E-state index contributed by atoms with van der Waals surface area (Å²) < 4.78 is 27.4. The summed E-state index contributed by atoms with van der Waals surface area (Å²) in [4.78, 5) is 0. The maximum absolute atomic E-state index is 9.46. The van der Waals surface area contributed by atoms with E-state index in [0.29, 0.717) is 12.7 Å². The first-order chi connectivity index (χ1) is 11.5. The highest BCUT2D eigenvalue weighted by Gasteiger charge is 2.36. The van der Waals surface area contributed by atoms with Gasteiger partial charge in [-0.2, -0.15) is 0 Å². The average Bonchev–Trinajstić information content (AvgIpc) is 2.63. The van der Waals surface area contributed by atoms with Gasteiger partial charge < -0.3 is 27.5 Å². The Labute approximate surface area is 147 Å². The van der Waals surface area contributed by atoms with Crippen LogP contribution in [0.15, 0.2) is 24.3 Å². The zero-order valence-corrected chi connectivity index (χ0v) is 17.3. The van der Waals surface area contributed by atoms with Crippen molar-refractivity contribution < 1.29 is 27.5 Å². The van der Waals surface area contributed by atoms with Gasteiger partial charge in [-0.3, -0.25) is 0 Å². The van der Waals surface area contributed by atoms with Crippen LogP contribution in [0.3, 0.4) is 0 Å². The third-order valence-electron chi connectivity index (χ3n) is 4.16. The van der Waals surface area contributed by atoms with E-state index < -0.39 is 17.1 Å². The lowest BCUT2D eigenvalue weighted by Crippen LogP contribution is -2.42. The van der Waals surface area contributed by atoms with E-state index in [-0.39, 0.29) is 6.23 Å². The Morgan fingerprint density at radius 2 is 1.50 bits per heavy atom. The van der Waals surface area contributed by atoms with Crippen LogP contribution in [0.1, 0.15) is 12.0 Å². The number of aliphatic hydroxyl groups is 1. The molecule has 0 spiro atoms. The van der Waals surface area contributed by atoms with Gasteiger partial charge in [0.05, 0.1) is 12.8 Å². The molecular weight excluding hydrogens is 344 g/mol. The van der Waals surface area contributed by atoms with Gasteiger partial charge in [0.2, 0.25) is 8.32 Å². The highest BCUT2D eigenvalue weighted by molar-refractivity contribution is 6.71. The molecule has 1 N–H and O–H groups in total. The van der Waals surface area contributed by atoms with Crippen molar-refractivity contribution in [3.8, 4) is 5.75 Å². The van der Waals surface area contributed by atoms with Crippen LogP contribution in [0.25, 0.3) is 0 Å². The standard InChI is InChI=1S/C16H30O6Si2/c1-18-23(5,14-17)13-15-7-9-16(10-8-15)22-11-6-12-24(19-2,20-3)21-4/h7-10,17H,6,11-14H2,1-5H3. The van der Waals surface area contributed by atoms with Crippen LogP contribution in [0, 0.1) is 0 Å². The second kappa shape index (κ2) is 10.3. The fourth-order valence-corrected chi connectivity index (χ4v) is 5.54. The fourth-order valence-electron chi connectivity index (χ4n) is 2.36. The Bertz CT molecular complexity index is 452. The van der Waals surface area contributed by atoms with Crippen LogP contribution in [-0.4, -0.2) is 63.5 Å². The van der Waals surface area contributed by atoms with Crippen LogP contribution >= 0.6 is 0 Å².